The zero-order chi connectivity index (χ0) is 29.6. The van der Waals surface area contributed by atoms with Crippen molar-refractivity contribution in [1.82, 2.24) is 29.9 Å². The number of nitrogens with one attached hydrogen (secondary N) is 3. The van der Waals surface area contributed by atoms with Crippen LogP contribution in [-0.4, -0.2) is 48.1 Å². The number of aryl methyl sites for hydroxylation is 1. The van der Waals surface area contributed by atoms with Crippen LogP contribution in [0.15, 0.2) is 37.2 Å². The van der Waals surface area contributed by atoms with Gasteiger partial charge in [0.25, 0.3) is 11.7 Å². The van der Waals surface area contributed by atoms with Gasteiger partial charge in [0.05, 0.1) is 21.8 Å². The first-order valence-electron chi connectivity index (χ1n) is 12.0. The number of hydrogen-bond acceptors (Lipinski definition) is 9. The number of anilines is 2. The van der Waals surface area contributed by atoms with Gasteiger partial charge in [0.1, 0.15) is 28.5 Å². The van der Waals surface area contributed by atoms with Crippen molar-refractivity contribution in [3.63, 3.8) is 0 Å². The second kappa shape index (κ2) is 12.8. The number of amides is 1. The minimum absolute atomic E-state index is 0.0535. The van der Waals surface area contributed by atoms with Crippen LogP contribution in [0.4, 0.5) is 30.6 Å². The van der Waals surface area contributed by atoms with E-state index in [4.69, 9.17) is 18.2 Å². The van der Waals surface area contributed by atoms with Gasteiger partial charge in [-0.2, -0.15) is 13.2 Å². The number of Topliss-reactive ketones (excluding diaryl/α,β-unsaturated/α-hetero) is 1. The van der Waals surface area contributed by atoms with Gasteiger partial charge in [0.2, 0.25) is 0 Å². The minimum atomic E-state index is -4.70. The van der Waals surface area contributed by atoms with Gasteiger partial charge in [0.15, 0.2) is 12.1 Å². The first-order chi connectivity index (χ1) is 19.5. The molecule has 16 heteroatoms. The Morgan fingerprint density at radius 3 is 2.71 bits per heavy atom. The molecule has 0 fully saturated rings. The lowest BCUT2D eigenvalue weighted by Gasteiger charge is -2.10. The third-order valence-corrected chi connectivity index (χ3v) is 7.26. The molecule has 11 nitrogen and oxygen atoms in total. The third kappa shape index (κ3) is 7.62. The number of pyridine rings is 1. The lowest BCUT2D eigenvalue weighted by Crippen LogP contribution is -2.13. The van der Waals surface area contributed by atoms with Crippen LogP contribution in [-0.2, 0) is 12.6 Å². The number of imidazole rings is 1. The van der Waals surface area contributed by atoms with Crippen LogP contribution >= 0.6 is 22.9 Å². The Hall–Kier alpha value is -4.42. The number of rotatable bonds is 11. The molecule has 0 aliphatic heterocycles. The molecule has 0 aliphatic rings. The second-order valence-corrected chi connectivity index (χ2v) is 10.2. The summed E-state index contributed by atoms with van der Waals surface area (Å²) in [4.78, 5) is 52.0. The van der Waals surface area contributed by atoms with E-state index in [0.29, 0.717) is 42.1 Å². The minimum Gasteiger partial charge on any atom is -0.370 e. The molecule has 4 aromatic heterocycles. The monoisotopic (exact) mass is 603 g/mol. The van der Waals surface area contributed by atoms with Crippen LogP contribution in [0.1, 0.15) is 62.1 Å². The number of halogens is 4. The molecule has 41 heavy (non-hydrogen) atoms. The van der Waals surface area contributed by atoms with Crippen molar-refractivity contribution in [3.05, 3.63) is 80.5 Å². The van der Waals surface area contributed by atoms with Crippen molar-refractivity contribution >= 4 is 52.1 Å². The second-order valence-electron chi connectivity index (χ2n) is 8.73. The average Bonchev–Trinajstić information content (AvgIpc) is 3.62. The van der Waals surface area contributed by atoms with Gasteiger partial charge in [-0.1, -0.05) is 25.1 Å². The normalized spacial score (nSPS) is 12.0. The number of nitrogens with zero attached hydrogens (tertiary/aromatic N) is 6. The van der Waals surface area contributed by atoms with E-state index < -0.39 is 22.7 Å². The summed E-state index contributed by atoms with van der Waals surface area (Å²) < 4.78 is 39.3. The molecule has 0 bridgehead atoms. The maximum absolute atomic E-state index is 13.1. The van der Waals surface area contributed by atoms with E-state index in [1.807, 2.05) is 0 Å². The molecule has 4 heterocycles. The summed E-state index contributed by atoms with van der Waals surface area (Å²) in [6.07, 6.45) is 1.54. The van der Waals surface area contributed by atoms with Crippen LogP contribution in [0, 0.1) is 6.57 Å². The van der Waals surface area contributed by atoms with E-state index in [1.165, 1.54) is 18.9 Å². The number of alkyl halides is 3. The summed E-state index contributed by atoms with van der Waals surface area (Å²) in [5.41, 5.74) is -0.148. The number of aromatic nitrogens is 6. The Morgan fingerprint density at radius 2 is 1.95 bits per heavy atom. The molecule has 0 aromatic carbocycles. The molecule has 3 N–H and O–H groups in total. The summed E-state index contributed by atoms with van der Waals surface area (Å²) in [5, 5.41) is 5.35. The van der Waals surface area contributed by atoms with Crippen LogP contribution in [0.2, 0.25) is 5.02 Å². The Labute approximate surface area is 240 Å². The van der Waals surface area contributed by atoms with E-state index in [2.05, 4.69) is 45.4 Å². The molecule has 0 spiro atoms. The van der Waals surface area contributed by atoms with E-state index in [-0.39, 0.29) is 34.5 Å². The van der Waals surface area contributed by atoms with Gasteiger partial charge in [-0.3, -0.25) is 9.59 Å². The van der Waals surface area contributed by atoms with Gasteiger partial charge in [-0.25, -0.2) is 19.9 Å². The van der Waals surface area contributed by atoms with Crippen LogP contribution in [0.3, 0.4) is 0 Å². The summed E-state index contributed by atoms with van der Waals surface area (Å²) in [5.74, 6) is -0.804. The molecular formula is C25H21ClF3N9O2S. The third-order valence-electron chi connectivity index (χ3n) is 5.73. The Kier molecular flexibility index (Phi) is 9.25. The van der Waals surface area contributed by atoms with Crippen molar-refractivity contribution in [1.29, 1.82) is 0 Å². The first-order valence-corrected chi connectivity index (χ1v) is 13.2. The highest BCUT2D eigenvalue weighted by molar-refractivity contribution is 7.13. The van der Waals surface area contributed by atoms with Gasteiger partial charge < -0.3 is 20.5 Å². The Balaban J connectivity index is 1.31. The highest BCUT2D eigenvalue weighted by Crippen LogP contribution is 2.35. The number of aromatic amines is 1. The molecule has 4 rings (SSSR count). The summed E-state index contributed by atoms with van der Waals surface area (Å²) >= 11 is 6.58. The Bertz CT molecular complexity index is 1600. The lowest BCUT2D eigenvalue weighted by molar-refractivity contribution is -0.137. The molecule has 0 radical (unpaired) electrons. The zero-order valence-corrected chi connectivity index (χ0v) is 22.9. The van der Waals surface area contributed by atoms with Crippen molar-refractivity contribution in [2.24, 2.45) is 0 Å². The summed E-state index contributed by atoms with van der Waals surface area (Å²) in [6.45, 7) is 9.41. The van der Waals surface area contributed by atoms with Crippen LogP contribution in [0.25, 0.3) is 4.85 Å². The van der Waals surface area contributed by atoms with Gasteiger partial charge in [0, 0.05) is 36.8 Å². The zero-order valence-electron chi connectivity index (χ0n) is 21.3. The number of ketones is 1. The van der Waals surface area contributed by atoms with Crippen molar-refractivity contribution in [3.8, 4) is 0 Å². The maximum Gasteiger partial charge on any atom is 0.418 e. The molecular weight excluding hydrogens is 583 g/mol. The maximum atomic E-state index is 13.1. The molecule has 1 atom stereocenters. The molecule has 0 saturated heterocycles. The van der Waals surface area contributed by atoms with E-state index in [0.717, 1.165) is 23.2 Å². The predicted octanol–water partition coefficient (Wildman–Crippen LogP) is 5.95. The SMILES string of the molecule is [C-]#[N+]c1nc[nH]c1CCCNc1cc(C(=O)CC(C)c2ncc(C(=O)Nc3cc(C(F)(F)F)c(Cl)cn3)s2)ncn1. The Morgan fingerprint density at radius 1 is 1.15 bits per heavy atom. The fraction of sp³-hybridized carbons (Fsp3) is 0.280. The number of thiazole rings is 1. The number of carbonyl (C=O) groups excluding carboxylic acids is 2. The lowest BCUT2D eigenvalue weighted by atomic mass is 10.0. The number of carbonyl (C=O) groups is 2. The quantitative estimate of drug-likeness (QED) is 0.108. The van der Waals surface area contributed by atoms with Crippen LogP contribution < -0.4 is 10.6 Å². The number of hydrogen-bond donors (Lipinski definition) is 3. The molecule has 0 saturated carbocycles. The number of H-pyrrole nitrogens is 1. The predicted molar refractivity (Wildman–Crippen MR) is 145 cm³/mol. The van der Waals surface area contributed by atoms with Gasteiger partial charge in [-0.15, -0.1) is 16.3 Å². The largest absolute Gasteiger partial charge is 0.418 e. The highest BCUT2D eigenvalue weighted by atomic mass is 35.5. The van der Waals surface area contributed by atoms with Crippen molar-refractivity contribution < 1.29 is 22.8 Å². The standard InChI is InChI=1S/C25H21ClF3N9O2S/c1-13(24-33-10-19(41-24)23(40)38-21-7-14(25(27,28)29)15(26)9-32-21)6-18(39)17-8-20(36-11-35-17)31-5-3-4-16-22(30-2)37-12-34-16/h7-13H,3-6H2,1H3,(H,34,37)(H,31,35,36)(H,32,38,40). The molecule has 1 unspecified atom stereocenters. The van der Waals surface area contributed by atoms with E-state index >= 15 is 0 Å². The smallest absolute Gasteiger partial charge is 0.370 e. The first kappa shape index (κ1) is 29.6. The van der Waals surface area contributed by atoms with Crippen LogP contribution in [0.5, 0.6) is 0 Å². The fourth-order valence-corrected chi connectivity index (χ4v) is 4.75. The van der Waals surface area contributed by atoms with Crippen molar-refractivity contribution in [2.45, 2.75) is 38.3 Å². The van der Waals surface area contributed by atoms with E-state index in [1.54, 1.807) is 13.0 Å². The average molecular weight is 604 g/mol. The molecule has 0 aliphatic carbocycles. The van der Waals surface area contributed by atoms with E-state index in [9.17, 15) is 22.8 Å². The van der Waals surface area contributed by atoms with Gasteiger partial charge in [-0.05, 0) is 18.9 Å². The fourth-order valence-electron chi connectivity index (χ4n) is 3.67. The molecule has 4 aromatic rings. The van der Waals surface area contributed by atoms with Crippen molar-refractivity contribution in [2.75, 3.05) is 17.2 Å². The van der Waals surface area contributed by atoms with Gasteiger partial charge >= 0.3 is 6.18 Å². The molecule has 212 valence electrons. The highest BCUT2D eigenvalue weighted by Gasteiger charge is 2.34. The summed E-state index contributed by atoms with van der Waals surface area (Å²) in [6, 6.07) is 2.20. The summed E-state index contributed by atoms with van der Waals surface area (Å²) in [7, 11) is 0. The molecule has 1 amide bonds. The topological polar surface area (TPSA) is 143 Å².